The number of halogens is 1. The number of aromatic nitrogens is 3. The third-order valence-corrected chi connectivity index (χ3v) is 5.95. The number of methoxy groups -OCH3 is 1. The lowest BCUT2D eigenvalue weighted by atomic mass is 10.2. The summed E-state index contributed by atoms with van der Waals surface area (Å²) >= 11 is 7.46. The lowest BCUT2D eigenvalue weighted by molar-refractivity contribution is -0.113. The second kappa shape index (κ2) is 9.89. The molecule has 0 spiro atoms. The van der Waals surface area contributed by atoms with Gasteiger partial charge in [-0.3, -0.25) is 9.36 Å². The second-order valence-corrected chi connectivity index (χ2v) is 8.38. The van der Waals surface area contributed by atoms with Crippen molar-refractivity contribution in [2.75, 3.05) is 18.2 Å². The number of ether oxygens (including phenoxy) is 1. The van der Waals surface area contributed by atoms with Gasteiger partial charge in [-0.05, 0) is 37.3 Å². The van der Waals surface area contributed by atoms with Crippen LogP contribution in [0.2, 0.25) is 5.02 Å². The average Bonchev–Trinajstić information content (AvgIpc) is 3.23. The van der Waals surface area contributed by atoms with E-state index in [9.17, 15) is 4.79 Å². The fourth-order valence-corrected chi connectivity index (χ4v) is 4.15. The van der Waals surface area contributed by atoms with Crippen molar-refractivity contribution in [2.45, 2.75) is 12.1 Å². The first kappa shape index (κ1) is 21.9. The van der Waals surface area contributed by atoms with Gasteiger partial charge in [0.25, 0.3) is 0 Å². The molecule has 0 aliphatic heterocycles. The smallest absolute Gasteiger partial charge is 0.234 e. The van der Waals surface area contributed by atoms with Crippen LogP contribution in [0.3, 0.4) is 0 Å². The fourth-order valence-electron chi connectivity index (χ4n) is 3.14. The number of amides is 1. The third-order valence-electron chi connectivity index (χ3n) is 4.73. The van der Waals surface area contributed by atoms with Gasteiger partial charge in [-0.25, -0.2) is 0 Å². The lowest BCUT2D eigenvalue weighted by Gasteiger charge is -2.11. The van der Waals surface area contributed by atoms with Crippen molar-refractivity contribution in [1.82, 2.24) is 14.8 Å². The van der Waals surface area contributed by atoms with Gasteiger partial charge in [0.05, 0.1) is 17.9 Å². The molecule has 3 aromatic carbocycles. The average molecular weight is 465 g/mol. The van der Waals surface area contributed by atoms with Crippen molar-refractivity contribution >= 4 is 35.0 Å². The fraction of sp³-hybridized carbons (Fsp3) is 0.125. The molecule has 32 heavy (non-hydrogen) atoms. The number of nitrogens with zero attached hydrogens (tertiary/aromatic N) is 3. The number of anilines is 1. The van der Waals surface area contributed by atoms with Crippen LogP contribution in [-0.2, 0) is 4.79 Å². The van der Waals surface area contributed by atoms with E-state index in [0.29, 0.717) is 21.6 Å². The third kappa shape index (κ3) is 4.95. The second-order valence-electron chi connectivity index (χ2n) is 7.03. The number of rotatable bonds is 7. The lowest BCUT2D eigenvalue weighted by Crippen LogP contribution is -2.14. The van der Waals surface area contributed by atoms with Crippen LogP contribution < -0.4 is 10.1 Å². The molecule has 0 radical (unpaired) electrons. The number of thioether (sulfide) groups is 1. The monoisotopic (exact) mass is 464 g/mol. The predicted octanol–water partition coefficient (Wildman–Crippen LogP) is 5.64. The van der Waals surface area contributed by atoms with Crippen molar-refractivity contribution in [3.05, 3.63) is 83.4 Å². The van der Waals surface area contributed by atoms with Crippen LogP contribution in [0.5, 0.6) is 5.75 Å². The Balaban J connectivity index is 1.55. The molecule has 6 nitrogen and oxygen atoms in total. The minimum atomic E-state index is -0.170. The molecule has 0 saturated heterocycles. The molecule has 0 bridgehead atoms. The van der Waals surface area contributed by atoms with Crippen molar-refractivity contribution in [2.24, 2.45) is 0 Å². The van der Waals surface area contributed by atoms with Crippen LogP contribution in [0.4, 0.5) is 5.69 Å². The highest BCUT2D eigenvalue weighted by atomic mass is 35.5. The van der Waals surface area contributed by atoms with E-state index < -0.39 is 0 Å². The molecule has 1 aromatic heterocycles. The van der Waals surface area contributed by atoms with Gasteiger partial charge < -0.3 is 10.1 Å². The normalized spacial score (nSPS) is 10.7. The summed E-state index contributed by atoms with van der Waals surface area (Å²) in [6, 6.07) is 23.1. The Bertz CT molecular complexity index is 1230. The number of aryl methyl sites for hydroxylation is 1. The molecule has 0 saturated carbocycles. The molecule has 8 heteroatoms. The number of hydrogen-bond acceptors (Lipinski definition) is 5. The molecule has 1 amide bonds. The number of carbonyl (C=O) groups excluding carboxylic acids is 1. The van der Waals surface area contributed by atoms with E-state index in [0.717, 1.165) is 22.6 Å². The largest absolute Gasteiger partial charge is 0.495 e. The van der Waals surface area contributed by atoms with Gasteiger partial charge in [-0.1, -0.05) is 71.4 Å². The number of benzene rings is 3. The first-order valence-electron chi connectivity index (χ1n) is 9.89. The van der Waals surface area contributed by atoms with Crippen LogP contribution in [0.1, 0.15) is 5.56 Å². The Morgan fingerprint density at radius 2 is 1.81 bits per heavy atom. The minimum absolute atomic E-state index is 0.169. The van der Waals surface area contributed by atoms with E-state index in [1.54, 1.807) is 25.3 Å². The van der Waals surface area contributed by atoms with Crippen LogP contribution >= 0.6 is 23.4 Å². The summed E-state index contributed by atoms with van der Waals surface area (Å²) in [6.07, 6.45) is 0. The molecule has 4 rings (SSSR count). The first-order valence-corrected chi connectivity index (χ1v) is 11.3. The van der Waals surface area contributed by atoms with Crippen LogP contribution in [0.25, 0.3) is 17.1 Å². The summed E-state index contributed by atoms with van der Waals surface area (Å²) in [7, 11) is 1.55. The van der Waals surface area contributed by atoms with Gasteiger partial charge in [-0.15, -0.1) is 10.2 Å². The van der Waals surface area contributed by atoms with Gasteiger partial charge in [0, 0.05) is 16.9 Å². The zero-order valence-corrected chi connectivity index (χ0v) is 19.2. The summed E-state index contributed by atoms with van der Waals surface area (Å²) in [6.45, 7) is 2.04. The van der Waals surface area contributed by atoms with Gasteiger partial charge in [-0.2, -0.15) is 0 Å². The Morgan fingerprint density at radius 1 is 1.06 bits per heavy atom. The van der Waals surface area contributed by atoms with Crippen LogP contribution in [0.15, 0.2) is 78.0 Å². The molecule has 0 aliphatic carbocycles. The quantitative estimate of drug-likeness (QED) is 0.359. The first-order chi connectivity index (χ1) is 15.5. The maximum absolute atomic E-state index is 12.6. The standard InChI is InChI=1S/C24H21ClN4O2S/c1-16-8-11-19(12-9-16)29-23(17-6-4-3-5-7-17)27-28-24(29)32-15-22(30)26-18-10-13-21(31-2)20(25)14-18/h3-14H,15H2,1-2H3,(H,26,30). The Hall–Kier alpha value is -3.29. The maximum atomic E-state index is 12.6. The zero-order chi connectivity index (χ0) is 22.5. The van der Waals surface area contributed by atoms with E-state index in [2.05, 4.69) is 15.5 Å². The topological polar surface area (TPSA) is 69.0 Å². The number of carbonyl (C=O) groups is 1. The summed E-state index contributed by atoms with van der Waals surface area (Å²) in [5.41, 5.74) is 3.65. The molecule has 1 heterocycles. The minimum Gasteiger partial charge on any atom is -0.495 e. The van der Waals surface area contributed by atoms with Gasteiger partial charge in [0.2, 0.25) is 5.91 Å². The molecule has 0 aliphatic rings. The van der Waals surface area contributed by atoms with Crippen LogP contribution in [-0.4, -0.2) is 33.5 Å². The van der Waals surface area contributed by atoms with E-state index in [1.807, 2.05) is 66.1 Å². The zero-order valence-electron chi connectivity index (χ0n) is 17.6. The Morgan fingerprint density at radius 3 is 2.50 bits per heavy atom. The highest BCUT2D eigenvalue weighted by Gasteiger charge is 2.17. The SMILES string of the molecule is COc1ccc(NC(=O)CSc2nnc(-c3ccccc3)n2-c2ccc(C)cc2)cc1Cl. The molecular weight excluding hydrogens is 444 g/mol. The molecule has 4 aromatic rings. The highest BCUT2D eigenvalue weighted by Crippen LogP contribution is 2.29. The molecule has 0 fully saturated rings. The molecule has 0 atom stereocenters. The highest BCUT2D eigenvalue weighted by molar-refractivity contribution is 7.99. The maximum Gasteiger partial charge on any atom is 0.234 e. The summed E-state index contributed by atoms with van der Waals surface area (Å²) in [5.74, 6) is 1.27. The Labute approximate surface area is 195 Å². The number of nitrogens with one attached hydrogen (secondary N) is 1. The van der Waals surface area contributed by atoms with Crippen LogP contribution in [0, 0.1) is 6.92 Å². The van der Waals surface area contributed by atoms with E-state index in [-0.39, 0.29) is 11.7 Å². The molecule has 1 N–H and O–H groups in total. The van der Waals surface area contributed by atoms with Gasteiger partial charge in [0.1, 0.15) is 5.75 Å². The van der Waals surface area contributed by atoms with Crippen molar-refractivity contribution in [3.8, 4) is 22.8 Å². The van der Waals surface area contributed by atoms with Crippen molar-refractivity contribution in [3.63, 3.8) is 0 Å². The van der Waals surface area contributed by atoms with E-state index in [1.165, 1.54) is 11.8 Å². The predicted molar refractivity (Wildman–Crippen MR) is 129 cm³/mol. The van der Waals surface area contributed by atoms with Gasteiger partial charge >= 0.3 is 0 Å². The molecule has 162 valence electrons. The molecule has 0 unspecified atom stereocenters. The summed E-state index contributed by atoms with van der Waals surface area (Å²) in [5, 5.41) is 12.7. The van der Waals surface area contributed by atoms with Gasteiger partial charge in [0.15, 0.2) is 11.0 Å². The van der Waals surface area contributed by atoms with Crippen molar-refractivity contribution < 1.29 is 9.53 Å². The Kier molecular flexibility index (Phi) is 6.78. The van der Waals surface area contributed by atoms with Crippen molar-refractivity contribution in [1.29, 1.82) is 0 Å². The summed E-state index contributed by atoms with van der Waals surface area (Å²) < 4.78 is 7.11. The number of hydrogen-bond donors (Lipinski definition) is 1. The summed E-state index contributed by atoms with van der Waals surface area (Å²) in [4.78, 5) is 12.6. The molecular formula is C24H21ClN4O2S. The van der Waals surface area contributed by atoms with E-state index >= 15 is 0 Å². The van der Waals surface area contributed by atoms with E-state index in [4.69, 9.17) is 16.3 Å².